The molecule has 6 heteroatoms. The van der Waals surface area contributed by atoms with E-state index in [9.17, 15) is 9.59 Å². The highest BCUT2D eigenvalue weighted by atomic mass is 32.1. The zero-order valence-electron chi connectivity index (χ0n) is 15.5. The molecule has 1 heterocycles. The van der Waals surface area contributed by atoms with E-state index < -0.39 is 0 Å². The smallest absolute Gasteiger partial charge is 0.223 e. The van der Waals surface area contributed by atoms with Gasteiger partial charge < -0.3 is 14.5 Å². The normalized spacial score (nSPS) is 10.5. The summed E-state index contributed by atoms with van der Waals surface area (Å²) < 4.78 is 10.8. The molecule has 3 aromatic rings. The van der Waals surface area contributed by atoms with Gasteiger partial charge in [0, 0.05) is 6.07 Å². The molecule has 0 spiro atoms. The van der Waals surface area contributed by atoms with Gasteiger partial charge in [-0.1, -0.05) is 42.0 Å². The van der Waals surface area contributed by atoms with E-state index in [0.717, 1.165) is 11.1 Å². The molecule has 0 saturated carbocycles. The summed E-state index contributed by atoms with van der Waals surface area (Å²) in [5.74, 6) is 0.900. The largest absolute Gasteiger partial charge is 0.493 e. The molecule has 1 amide bonds. The average Bonchev–Trinajstić information content (AvgIpc) is 2.70. The minimum atomic E-state index is -0.240. The van der Waals surface area contributed by atoms with Crippen molar-refractivity contribution in [1.29, 1.82) is 0 Å². The van der Waals surface area contributed by atoms with Crippen molar-refractivity contribution in [3.05, 3.63) is 82.4 Å². The molecule has 0 aliphatic rings. The maximum absolute atomic E-state index is 11.9. The Bertz CT molecular complexity index is 994. The summed E-state index contributed by atoms with van der Waals surface area (Å²) in [5, 5.41) is 2.69. The first-order valence-corrected chi connectivity index (χ1v) is 9.33. The van der Waals surface area contributed by atoms with Crippen molar-refractivity contribution in [2.24, 2.45) is 0 Å². The zero-order chi connectivity index (χ0) is 19.9. The third-order valence-corrected chi connectivity index (χ3v) is 4.49. The van der Waals surface area contributed by atoms with Gasteiger partial charge in [0.1, 0.15) is 17.8 Å². The lowest BCUT2D eigenvalue weighted by molar-refractivity contribution is -0.121. The molecule has 5 nitrogen and oxygen atoms in total. The minimum Gasteiger partial charge on any atom is -0.493 e. The van der Waals surface area contributed by atoms with Crippen molar-refractivity contribution in [2.75, 3.05) is 6.61 Å². The SMILES string of the molecule is Cc1ccc(-c2ccc(OCCC(=O)NCc3cc(=O)c(S)co3)cc2)cc1. The lowest BCUT2D eigenvalue weighted by atomic mass is 10.0. The Labute approximate surface area is 168 Å². The van der Waals surface area contributed by atoms with E-state index in [1.807, 2.05) is 24.3 Å². The lowest BCUT2D eigenvalue weighted by Gasteiger charge is -2.08. The number of benzene rings is 2. The van der Waals surface area contributed by atoms with Gasteiger partial charge in [-0.3, -0.25) is 9.59 Å². The van der Waals surface area contributed by atoms with E-state index in [1.165, 1.54) is 17.9 Å². The topological polar surface area (TPSA) is 68.5 Å². The van der Waals surface area contributed by atoms with Crippen LogP contribution in [0.1, 0.15) is 17.7 Å². The van der Waals surface area contributed by atoms with Crippen LogP contribution in [0.5, 0.6) is 5.75 Å². The van der Waals surface area contributed by atoms with Crippen molar-refractivity contribution in [3.8, 4) is 16.9 Å². The van der Waals surface area contributed by atoms with Crippen LogP contribution in [-0.4, -0.2) is 12.5 Å². The van der Waals surface area contributed by atoms with Gasteiger partial charge in [0.15, 0.2) is 5.43 Å². The van der Waals surface area contributed by atoms with Gasteiger partial charge in [0.25, 0.3) is 0 Å². The van der Waals surface area contributed by atoms with E-state index in [1.54, 1.807) is 0 Å². The van der Waals surface area contributed by atoms with Crippen LogP contribution >= 0.6 is 12.6 Å². The Kier molecular flexibility index (Phi) is 6.55. The molecule has 0 bridgehead atoms. The molecule has 0 radical (unpaired) electrons. The lowest BCUT2D eigenvalue weighted by Crippen LogP contribution is -2.24. The number of thiol groups is 1. The number of rotatable bonds is 7. The van der Waals surface area contributed by atoms with Gasteiger partial charge in [-0.2, -0.15) is 0 Å². The van der Waals surface area contributed by atoms with Crippen molar-refractivity contribution in [1.82, 2.24) is 5.32 Å². The third kappa shape index (κ3) is 5.50. The van der Waals surface area contributed by atoms with Crippen molar-refractivity contribution in [2.45, 2.75) is 24.8 Å². The van der Waals surface area contributed by atoms with Gasteiger partial charge in [0.05, 0.1) is 24.5 Å². The summed E-state index contributed by atoms with van der Waals surface area (Å²) in [4.78, 5) is 23.6. The van der Waals surface area contributed by atoms with Crippen LogP contribution in [0.25, 0.3) is 11.1 Å². The Hall–Kier alpha value is -2.99. The van der Waals surface area contributed by atoms with Crippen molar-refractivity contribution in [3.63, 3.8) is 0 Å². The van der Waals surface area contributed by atoms with Crippen LogP contribution in [0.15, 0.2) is 75.0 Å². The van der Waals surface area contributed by atoms with Gasteiger partial charge >= 0.3 is 0 Å². The molecule has 0 unspecified atom stereocenters. The van der Waals surface area contributed by atoms with Crippen LogP contribution in [0, 0.1) is 6.92 Å². The van der Waals surface area contributed by atoms with Gasteiger partial charge in [-0.15, -0.1) is 12.6 Å². The van der Waals surface area contributed by atoms with Crippen LogP contribution < -0.4 is 15.5 Å². The molecule has 1 aromatic heterocycles. The molecule has 0 atom stereocenters. The maximum Gasteiger partial charge on any atom is 0.223 e. The molecule has 2 aromatic carbocycles. The van der Waals surface area contributed by atoms with Crippen LogP contribution in [0.4, 0.5) is 0 Å². The second-order valence-corrected chi connectivity index (χ2v) is 6.84. The summed E-state index contributed by atoms with van der Waals surface area (Å²) in [6.45, 7) is 2.47. The number of nitrogens with one attached hydrogen (secondary N) is 1. The first-order valence-electron chi connectivity index (χ1n) is 8.88. The highest BCUT2D eigenvalue weighted by molar-refractivity contribution is 7.80. The molecule has 0 fully saturated rings. The molecule has 144 valence electrons. The zero-order valence-corrected chi connectivity index (χ0v) is 16.4. The molecular formula is C22H21NO4S. The number of hydrogen-bond donors (Lipinski definition) is 2. The Morgan fingerprint density at radius 1 is 1.07 bits per heavy atom. The monoisotopic (exact) mass is 395 g/mol. The summed E-state index contributed by atoms with van der Waals surface area (Å²) in [6, 6.07) is 17.4. The van der Waals surface area contributed by atoms with Crippen LogP contribution in [-0.2, 0) is 11.3 Å². The number of aryl methyl sites for hydroxylation is 1. The highest BCUT2D eigenvalue weighted by Crippen LogP contribution is 2.22. The van der Waals surface area contributed by atoms with Gasteiger partial charge in [0.2, 0.25) is 5.91 Å². The number of hydrogen-bond acceptors (Lipinski definition) is 5. The molecule has 28 heavy (non-hydrogen) atoms. The highest BCUT2D eigenvalue weighted by Gasteiger charge is 2.05. The van der Waals surface area contributed by atoms with E-state index in [0.29, 0.717) is 11.5 Å². The van der Waals surface area contributed by atoms with E-state index >= 15 is 0 Å². The standard InChI is InChI=1S/C22H21NO4S/c1-15-2-4-16(5-3-15)17-6-8-18(9-7-17)26-11-10-22(25)23-13-19-12-20(24)21(28)14-27-19/h2-9,12,14,28H,10-11,13H2,1H3,(H,23,25). The average molecular weight is 395 g/mol. The third-order valence-electron chi connectivity index (χ3n) is 4.16. The number of ether oxygens (including phenoxy) is 1. The Balaban J connectivity index is 1.44. The van der Waals surface area contributed by atoms with E-state index in [2.05, 4.69) is 49.1 Å². The number of amides is 1. The van der Waals surface area contributed by atoms with Crippen LogP contribution in [0.2, 0.25) is 0 Å². The second kappa shape index (κ2) is 9.28. The van der Waals surface area contributed by atoms with Gasteiger partial charge in [-0.25, -0.2) is 0 Å². The van der Waals surface area contributed by atoms with E-state index in [4.69, 9.17) is 9.15 Å². The summed E-state index contributed by atoms with van der Waals surface area (Å²) >= 11 is 3.96. The fourth-order valence-electron chi connectivity index (χ4n) is 2.56. The predicted molar refractivity (Wildman–Crippen MR) is 111 cm³/mol. The molecule has 1 N–H and O–H groups in total. The number of carbonyl (C=O) groups is 1. The summed E-state index contributed by atoms with van der Waals surface area (Å²) in [5.41, 5.74) is 3.24. The molecule has 0 saturated heterocycles. The quantitative estimate of drug-likeness (QED) is 0.594. The molecule has 3 rings (SSSR count). The maximum atomic E-state index is 11.9. The summed E-state index contributed by atoms with van der Waals surface area (Å²) in [7, 11) is 0. The van der Waals surface area contributed by atoms with Crippen LogP contribution in [0.3, 0.4) is 0 Å². The van der Waals surface area contributed by atoms with Crippen molar-refractivity contribution >= 4 is 18.5 Å². The Morgan fingerprint density at radius 3 is 2.36 bits per heavy atom. The predicted octanol–water partition coefficient (Wildman–Crippen LogP) is 3.99. The molecule has 0 aliphatic heterocycles. The first kappa shape index (κ1) is 19.8. The second-order valence-electron chi connectivity index (χ2n) is 6.36. The van der Waals surface area contributed by atoms with Gasteiger partial charge in [-0.05, 0) is 30.2 Å². The molecule has 0 aliphatic carbocycles. The fourth-order valence-corrected chi connectivity index (χ4v) is 2.68. The fraction of sp³-hybridized carbons (Fsp3) is 0.182. The van der Waals surface area contributed by atoms with E-state index in [-0.39, 0.29) is 35.8 Å². The summed E-state index contributed by atoms with van der Waals surface area (Å²) in [6.07, 6.45) is 1.46. The molecular weight excluding hydrogens is 374 g/mol. The van der Waals surface area contributed by atoms with Crippen molar-refractivity contribution < 1.29 is 13.9 Å². The minimum absolute atomic E-state index is 0.146. The first-order chi connectivity index (χ1) is 13.5. The number of carbonyl (C=O) groups excluding carboxylic acids is 1. The Morgan fingerprint density at radius 2 is 1.71 bits per heavy atom.